The first-order chi connectivity index (χ1) is 11.1. The normalized spacial score (nSPS) is 38.5. The zero-order chi connectivity index (χ0) is 18.0. The lowest BCUT2D eigenvalue weighted by Gasteiger charge is -2.51. The molecule has 3 rings (SSSR count). The molecule has 0 bridgehead atoms. The van der Waals surface area contributed by atoms with Gasteiger partial charge in [0.25, 0.3) is 0 Å². The first-order valence-electron chi connectivity index (χ1n) is 7.36. The molecule has 5 unspecified atom stereocenters. The summed E-state index contributed by atoms with van der Waals surface area (Å²) in [7, 11) is 1.32. The zero-order valence-electron chi connectivity index (χ0n) is 13.1. The Balaban J connectivity index is 2.25. The first-order valence-corrected chi connectivity index (χ1v) is 7.36. The van der Waals surface area contributed by atoms with E-state index in [2.05, 4.69) is 0 Å². The van der Waals surface area contributed by atoms with E-state index in [9.17, 15) is 35.1 Å². The van der Waals surface area contributed by atoms with Gasteiger partial charge < -0.3 is 30.3 Å². The van der Waals surface area contributed by atoms with Gasteiger partial charge in [-0.15, -0.1) is 0 Å². The Bertz CT molecular complexity index is 740. The molecule has 0 amide bonds. The number of aromatic hydroxyl groups is 1. The van der Waals surface area contributed by atoms with Crippen LogP contribution in [-0.4, -0.2) is 67.6 Å². The van der Waals surface area contributed by atoms with Crippen molar-refractivity contribution >= 4 is 11.6 Å². The summed E-state index contributed by atoms with van der Waals surface area (Å²) in [6.45, 7) is 1.21. The van der Waals surface area contributed by atoms with Gasteiger partial charge >= 0.3 is 0 Å². The lowest BCUT2D eigenvalue weighted by molar-refractivity contribution is -0.214. The molecule has 1 aromatic carbocycles. The standard InChI is InChI=1S/C16H18O8/c1-15(22)5-8-11(18)7-3-6(24-2)4-9(17)10(7)12(19)16(8,23)14(21)13(15)20/h3-4,8,13-14,17,20-23H,5H2,1-2H3. The van der Waals surface area contributed by atoms with Crippen LogP contribution in [0.15, 0.2) is 12.1 Å². The lowest BCUT2D eigenvalue weighted by Crippen LogP contribution is -2.72. The molecule has 0 aliphatic heterocycles. The van der Waals surface area contributed by atoms with Crippen LogP contribution in [0.3, 0.4) is 0 Å². The Hall–Kier alpha value is -2.00. The Labute approximate surface area is 136 Å². The second-order valence-corrected chi connectivity index (χ2v) is 6.59. The third-order valence-corrected chi connectivity index (χ3v) is 5.04. The van der Waals surface area contributed by atoms with E-state index in [0.29, 0.717) is 0 Å². The quantitative estimate of drug-likeness (QED) is 0.439. The van der Waals surface area contributed by atoms with Gasteiger partial charge in [-0.25, -0.2) is 0 Å². The van der Waals surface area contributed by atoms with Crippen molar-refractivity contribution in [2.75, 3.05) is 7.11 Å². The van der Waals surface area contributed by atoms with Crippen molar-refractivity contribution in [3.05, 3.63) is 23.3 Å². The van der Waals surface area contributed by atoms with Gasteiger partial charge in [-0.2, -0.15) is 0 Å². The highest BCUT2D eigenvalue weighted by Gasteiger charge is 2.66. The summed E-state index contributed by atoms with van der Waals surface area (Å²) < 4.78 is 4.96. The summed E-state index contributed by atoms with van der Waals surface area (Å²) in [5.74, 6) is -3.70. The van der Waals surface area contributed by atoms with Crippen LogP contribution >= 0.6 is 0 Å². The van der Waals surface area contributed by atoms with Gasteiger partial charge in [0.05, 0.1) is 24.2 Å². The SMILES string of the molecule is COc1cc(O)c2c(c1)C(=O)C1CC(C)(O)C(O)C(O)C1(O)C2=O. The largest absolute Gasteiger partial charge is 0.507 e. The maximum Gasteiger partial charge on any atom is 0.202 e. The van der Waals surface area contributed by atoms with E-state index >= 15 is 0 Å². The van der Waals surface area contributed by atoms with E-state index in [0.717, 1.165) is 6.07 Å². The topological polar surface area (TPSA) is 145 Å². The Morgan fingerprint density at radius 3 is 2.38 bits per heavy atom. The minimum Gasteiger partial charge on any atom is -0.507 e. The molecule has 0 radical (unpaired) electrons. The van der Waals surface area contributed by atoms with E-state index in [1.807, 2.05) is 0 Å². The molecule has 5 N–H and O–H groups in total. The summed E-state index contributed by atoms with van der Waals surface area (Å²) in [6, 6.07) is 2.36. The number of aliphatic hydroxyl groups is 4. The minimum atomic E-state index is -2.63. The van der Waals surface area contributed by atoms with Crippen molar-refractivity contribution in [2.45, 2.75) is 36.8 Å². The van der Waals surface area contributed by atoms with E-state index in [4.69, 9.17) is 4.74 Å². The van der Waals surface area contributed by atoms with Crippen LogP contribution in [0.4, 0.5) is 0 Å². The van der Waals surface area contributed by atoms with Crippen LogP contribution in [0.1, 0.15) is 34.1 Å². The van der Waals surface area contributed by atoms with Gasteiger partial charge in [0.15, 0.2) is 11.4 Å². The van der Waals surface area contributed by atoms with Gasteiger partial charge in [-0.1, -0.05) is 0 Å². The summed E-state index contributed by atoms with van der Waals surface area (Å²) in [5, 5.41) is 51.3. The van der Waals surface area contributed by atoms with E-state index in [1.54, 1.807) is 0 Å². The van der Waals surface area contributed by atoms with Crippen LogP contribution < -0.4 is 4.74 Å². The summed E-state index contributed by atoms with van der Waals surface area (Å²) >= 11 is 0. The number of fused-ring (bicyclic) bond motifs is 2. The number of hydrogen-bond donors (Lipinski definition) is 5. The average molecular weight is 338 g/mol. The molecular weight excluding hydrogens is 320 g/mol. The van der Waals surface area contributed by atoms with Crippen LogP contribution in [0.2, 0.25) is 0 Å². The fourth-order valence-electron chi connectivity index (χ4n) is 3.60. The van der Waals surface area contributed by atoms with Crippen molar-refractivity contribution in [2.24, 2.45) is 5.92 Å². The van der Waals surface area contributed by atoms with Crippen LogP contribution in [0.5, 0.6) is 11.5 Å². The second kappa shape index (κ2) is 5.00. The number of aliphatic hydroxyl groups excluding tert-OH is 2. The highest BCUT2D eigenvalue weighted by molar-refractivity contribution is 6.21. The number of rotatable bonds is 1. The number of ether oxygens (including phenoxy) is 1. The Morgan fingerprint density at radius 1 is 1.17 bits per heavy atom. The third-order valence-electron chi connectivity index (χ3n) is 5.04. The summed E-state index contributed by atoms with van der Waals surface area (Å²) in [5.41, 5.74) is -5.10. The molecule has 1 fully saturated rings. The Morgan fingerprint density at radius 2 is 1.79 bits per heavy atom. The lowest BCUT2D eigenvalue weighted by atomic mass is 9.58. The predicted octanol–water partition coefficient (Wildman–Crippen LogP) is -0.996. The monoisotopic (exact) mass is 338 g/mol. The average Bonchev–Trinajstić information content (AvgIpc) is 2.53. The van der Waals surface area contributed by atoms with Crippen LogP contribution in [-0.2, 0) is 0 Å². The highest BCUT2D eigenvalue weighted by Crippen LogP contribution is 2.48. The number of carbonyl (C=O) groups is 2. The molecule has 1 saturated carbocycles. The van der Waals surface area contributed by atoms with Crippen molar-refractivity contribution in [3.8, 4) is 11.5 Å². The maximum absolute atomic E-state index is 12.8. The van der Waals surface area contributed by atoms with E-state index in [-0.39, 0.29) is 11.3 Å². The molecule has 0 saturated heterocycles. The number of hydrogen-bond acceptors (Lipinski definition) is 8. The molecule has 8 heteroatoms. The number of ketones is 2. The molecule has 130 valence electrons. The van der Waals surface area contributed by atoms with Crippen molar-refractivity contribution < 1.29 is 39.9 Å². The molecule has 2 aliphatic rings. The Kier molecular flexibility index (Phi) is 3.51. The van der Waals surface area contributed by atoms with Gasteiger partial charge in [0.1, 0.15) is 23.7 Å². The van der Waals surface area contributed by atoms with Gasteiger partial charge in [0, 0.05) is 11.6 Å². The molecule has 0 heterocycles. The second-order valence-electron chi connectivity index (χ2n) is 6.59. The maximum atomic E-state index is 12.8. The predicted molar refractivity (Wildman–Crippen MR) is 79.0 cm³/mol. The smallest absolute Gasteiger partial charge is 0.202 e. The minimum absolute atomic E-state index is 0.140. The fraction of sp³-hybridized carbons (Fsp3) is 0.500. The van der Waals surface area contributed by atoms with Gasteiger partial charge in [-0.3, -0.25) is 9.59 Å². The molecule has 24 heavy (non-hydrogen) atoms. The number of benzene rings is 1. The van der Waals surface area contributed by atoms with Crippen LogP contribution in [0, 0.1) is 5.92 Å². The number of carbonyl (C=O) groups excluding carboxylic acids is 2. The molecule has 0 aromatic heterocycles. The molecule has 2 aliphatic carbocycles. The summed E-state index contributed by atoms with van der Waals surface area (Å²) in [6.07, 6.45) is -4.35. The molecule has 5 atom stereocenters. The van der Waals surface area contributed by atoms with Crippen LogP contribution in [0.25, 0.3) is 0 Å². The number of methoxy groups -OCH3 is 1. The van der Waals surface area contributed by atoms with E-state index < -0.39 is 58.6 Å². The number of Topliss-reactive ketones (excluding diaryl/α,β-unsaturated/α-hetero) is 2. The first kappa shape index (κ1) is 16.8. The highest BCUT2D eigenvalue weighted by atomic mass is 16.5. The van der Waals surface area contributed by atoms with Crippen molar-refractivity contribution in [3.63, 3.8) is 0 Å². The van der Waals surface area contributed by atoms with Crippen molar-refractivity contribution in [1.29, 1.82) is 0 Å². The van der Waals surface area contributed by atoms with Gasteiger partial charge in [-0.05, 0) is 19.4 Å². The number of phenolic OH excluding ortho intramolecular Hbond substituents is 1. The summed E-state index contributed by atoms with van der Waals surface area (Å²) in [4.78, 5) is 25.5. The van der Waals surface area contributed by atoms with Crippen molar-refractivity contribution in [1.82, 2.24) is 0 Å². The molecular formula is C16H18O8. The molecule has 8 nitrogen and oxygen atoms in total. The number of phenols is 1. The van der Waals surface area contributed by atoms with Gasteiger partial charge in [0.2, 0.25) is 5.78 Å². The van der Waals surface area contributed by atoms with E-state index in [1.165, 1.54) is 20.1 Å². The third kappa shape index (κ3) is 1.94. The fourth-order valence-corrected chi connectivity index (χ4v) is 3.60. The molecule has 0 spiro atoms. The zero-order valence-corrected chi connectivity index (χ0v) is 13.1. The molecule has 1 aromatic rings.